The summed E-state index contributed by atoms with van der Waals surface area (Å²) < 4.78 is 92.5. The van der Waals surface area contributed by atoms with Crippen LogP contribution in [0.2, 0.25) is 0 Å². The Morgan fingerprint density at radius 1 is 0.914 bits per heavy atom. The predicted molar refractivity (Wildman–Crippen MR) is 128 cm³/mol. The largest absolute Gasteiger partial charge is 0.493 e. The minimum absolute atomic E-state index is 0.0364. The standard InChI is InChI=1S/C26H26N2O7/c1-31-19-10-15-18(13-20(19)32-2)26(30)28(5-3-4-27-6-8-33-9-7-27)24-16-11-21-22(35-14-34-21)12-17(16)25(29)23(15)24/h10-13H,3-9,14H2,1-2H3/i6D2,7D2,8D2,9D2. The predicted octanol–water partition coefficient (Wildman–Crippen LogP) is 2.68. The van der Waals surface area contributed by atoms with Gasteiger partial charge in [-0.3, -0.25) is 14.5 Å². The van der Waals surface area contributed by atoms with Gasteiger partial charge in [0.15, 0.2) is 28.8 Å². The van der Waals surface area contributed by atoms with Crippen molar-refractivity contribution in [3.05, 3.63) is 45.7 Å². The third-order valence-electron chi connectivity index (χ3n) is 6.24. The van der Waals surface area contributed by atoms with Crippen LogP contribution >= 0.6 is 0 Å². The molecule has 0 bridgehead atoms. The fraction of sp³-hybridized carbons (Fsp3) is 0.385. The zero-order valence-corrected chi connectivity index (χ0v) is 18.9. The summed E-state index contributed by atoms with van der Waals surface area (Å²) in [6.45, 7) is -13.2. The molecular weight excluding hydrogens is 452 g/mol. The van der Waals surface area contributed by atoms with Gasteiger partial charge < -0.3 is 28.3 Å². The van der Waals surface area contributed by atoms with Crippen molar-refractivity contribution in [3.63, 3.8) is 0 Å². The molecule has 3 aromatic rings. The van der Waals surface area contributed by atoms with Gasteiger partial charge in [-0.1, -0.05) is 0 Å². The first-order valence-corrected chi connectivity index (χ1v) is 10.9. The average Bonchev–Trinajstić information content (AvgIpc) is 3.50. The Morgan fingerprint density at radius 3 is 2.26 bits per heavy atom. The number of pyridine rings is 1. The normalized spacial score (nSPS) is 25.6. The Hall–Kier alpha value is -3.56. The molecule has 0 saturated carbocycles. The number of carbonyl (C=O) groups excluding carboxylic acids is 1. The van der Waals surface area contributed by atoms with E-state index in [9.17, 15) is 9.59 Å². The molecule has 9 nitrogen and oxygen atoms in total. The van der Waals surface area contributed by atoms with Crippen LogP contribution in [0.3, 0.4) is 0 Å². The Kier molecular flexibility index (Phi) is 3.62. The topological polar surface area (TPSA) is 88.5 Å². The number of ketones is 1. The lowest BCUT2D eigenvalue weighted by Crippen LogP contribution is -2.37. The lowest BCUT2D eigenvalue weighted by molar-refractivity contribution is 0.0369. The highest BCUT2D eigenvalue weighted by atomic mass is 16.7. The zero-order valence-electron chi connectivity index (χ0n) is 26.9. The first-order chi connectivity index (χ1) is 20.1. The number of rotatable bonds is 6. The number of nitrogens with zero attached hydrogens (tertiary/aromatic N) is 2. The first kappa shape index (κ1) is 14.8. The second-order valence-corrected chi connectivity index (χ2v) is 8.05. The van der Waals surface area contributed by atoms with Crippen LogP contribution in [-0.4, -0.2) is 68.9 Å². The number of fused-ring (bicyclic) bond motifs is 6. The number of morpholine rings is 1. The van der Waals surface area contributed by atoms with Crippen LogP contribution < -0.4 is 24.5 Å². The number of methoxy groups -OCH3 is 2. The molecule has 35 heavy (non-hydrogen) atoms. The summed E-state index contributed by atoms with van der Waals surface area (Å²) in [7, 11) is 2.83. The van der Waals surface area contributed by atoms with Crippen molar-refractivity contribution in [2.75, 3.05) is 53.7 Å². The second-order valence-electron chi connectivity index (χ2n) is 8.05. The van der Waals surface area contributed by atoms with E-state index in [-0.39, 0.29) is 53.5 Å². The number of ether oxygens (including phenoxy) is 5. The maximum Gasteiger partial charge on any atom is 0.259 e. The lowest BCUT2D eigenvalue weighted by Gasteiger charge is -2.26. The molecule has 2 aliphatic heterocycles. The van der Waals surface area contributed by atoms with E-state index in [1.54, 1.807) is 18.2 Å². The summed E-state index contributed by atoms with van der Waals surface area (Å²) in [5.41, 5.74) is 0.631. The number of hydrogen-bond acceptors (Lipinski definition) is 8. The van der Waals surface area contributed by atoms with Gasteiger partial charge in [0, 0.05) is 48.1 Å². The monoisotopic (exact) mass is 486 g/mol. The van der Waals surface area contributed by atoms with E-state index in [1.807, 2.05) is 0 Å². The number of hydrogen-bond donors (Lipinski definition) is 0. The van der Waals surface area contributed by atoms with Crippen molar-refractivity contribution in [1.29, 1.82) is 0 Å². The second kappa shape index (κ2) is 8.58. The van der Waals surface area contributed by atoms with Crippen LogP contribution in [0.25, 0.3) is 22.0 Å². The molecule has 2 aromatic carbocycles. The summed E-state index contributed by atoms with van der Waals surface area (Å²) in [6.07, 6.45) is -0.135. The van der Waals surface area contributed by atoms with Gasteiger partial charge in [0.2, 0.25) is 6.79 Å². The van der Waals surface area contributed by atoms with E-state index in [2.05, 4.69) is 4.74 Å². The third kappa shape index (κ3) is 3.45. The van der Waals surface area contributed by atoms with Gasteiger partial charge in [-0.2, -0.15) is 0 Å². The summed E-state index contributed by atoms with van der Waals surface area (Å²) in [4.78, 5) is 28.3. The summed E-state index contributed by atoms with van der Waals surface area (Å²) >= 11 is 0. The number of aromatic nitrogens is 1. The molecular formula is C26H26N2O7. The van der Waals surface area contributed by atoms with Crippen LogP contribution in [0.15, 0.2) is 29.1 Å². The van der Waals surface area contributed by atoms with Crippen molar-refractivity contribution in [3.8, 4) is 34.3 Å². The van der Waals surface area contributed by atoms with Crippen molar-refractivity contribution < 1.29 is 39.4 Å². The SMILES string of the molecule is [2H]C1([2H])OC([2H])([2H])C([2H])([2H])N(CCCn2c3c(c4cc(OC)c(OC)cc4c2=O)C(=O)c2cc4c(cc2-3)OCO4)C1([2H])[2H]. The zero-order chi connectivity index (χ0) is 31.3. The number of benzene rings is 2. The highest BCUT2D eigenvalue weighted by Crippen LogP contribution is 2.46. The molecule has 0 atom stereocenters. The van der Waals surface area contributed by atoms with E-state index >= 15 is 0 Å². The molecule has 0 unspecified atom stereocenters. The van der Waals surface area contributed by atoms with Gasteiger partial charge in [0.05, 0.1) is 49.5 Å². The van der Waals surface area contributed by atoms with Crippen LogP contribution in [-0.2, 0) is 11.3 Å². The van der Waals surface area contributed by atoms with Gasteiger partial charge in [-0.15, -0.1) is 0 Å². The lowest BCUT2D eigenvalue weighted by atomic mass is 10.0. The van der Waals surface area contributed by atoms with Gasteiger partial charge >= 0.3 is 0 Å². The maximum absolute atomic E-state index is 14.0. The summed E-state index contributed by atoms with van der Waals surface area (Å²) in [5, 5.41) is 0.460. The quantitative estimate of drug-likeness (QED) is 0.411. The van der Waals surface area contributed by atoms with E-state index < -0.39 is 38.2 Å². The smallest absolute Gasteiger partial charge is 0.259 e. The van der Waals surface area contributed by atoms with Crippen molar-refractivity contribution >= 4 is 16.6 Å². The number of carbonyl (C=O) groups is 1. The molecule has 1 aromatic heterocycles. The van der Waals surface area contributed by atoms with E-state index in [0.29, 0.717) is 33.1 Å². The molecule has 1 aliphatic carbocycles. The molecule has 6 rings (SSSR count). The Bertz CT molecular complexity index is 1730. The van der Waals surface area contributed by atoms with Gasteiger partial charge in [-0.25, -0.2) is 0 Å². The fourth-order valence-electron chi connectivity index (χ4n) is 4.66. The van der Waals surface area contributed by atoms with E-state index in [4.69, 9.17) is 29.9 Å². The molecule has 0 spiro atoms. The molecule has 182 valence electrons. The fourth-order valence-corrected chi connectivity index (χ4v) is 4.66. The van der Waals surface area contributed by atoms with Crippen LogP contribution in [0, 0.1) is 0 Å². The molecule has 1 fully saturated rings. The Balaban J connectivity index is 1.49. The molecule has 3 aliphatic rings. The summed E-state index contributed by atoms with van der Waals surface area (Å²) in [6, 6.07) is 6.15. The molecule has 0 radical (unpaired) electrons. The van der Waals surface area contributed by atoms with Gasteiger partial charge in [0.1, 0.15) is 0 Å². The van der Waals surface area contributed by atoms with Crippen LogP contribution in [0.4, 0.5) is 0 Å². The van der Waals surface area contributed by atoms with Crippen molar-refractivity contribution in [2.45, 2.75) is 13.0 Å². The van der Waals surface area contributed by atoms with E-state index in [0.717, 1.165) is 0 Å². The Labute approximate surface area is 212 Å². The minimum atomic E-state index is -3.19. The molecule has 0 N–H and O–H groups in total. The van der Waals surface area contributed by atoms with E-state index in [1.165, 1.54) is 24.9 Å². The average molecular weight is 487 g/mol. The third-order valence-corrected chi connectivity index (χ3v) is 6.24. The van der Waals surface area contributed by atoms with Crippen molar-refractivity contribution in [2.24, 2.45) is 0 Å². The highest BCUT2D eigenvalue weighted by molar-refractivity contribution is 6.27. The minimum Gasteiger partial charge on any atom is -0.493 e. The molecule has 9 heteroatoms. The highest BCUT2D eigenvalue weighted by Gasteiger charge is 2.35. The van der Waals surface area contributed by atoms with Gasteiger partial charge in [-0.05, 0) is 30.7 Å². The maximum atomic E-state index is 14.0. The van der Waals surface area contributed by atoms with Crippen LogP contribution in [0.1, 0.15) is 33.3 Å². The van der Waals surface area contributed by atoms with Crippen LogP contribution in [0.5, 0.6) is 23.0 Å². The molecule has 0 amide bonds. The Morgan fingerprint density at radius 2 is 1.57 bits per heavy atom. The van der Waals surface area contributed by atoms with Crippen molar-refractivity contribution in [1.82, 2.24) is 9.47 Å². The first-order valence-electron chi connectivity index (χ1n) is 14.9. The molecule has 3 heterocycles. The van der Waals surface area contributed by atoms with Gasteiger partial charge in [0.25, 0.3) is 5.56 Å². The molecule has 1 saturated heterocycles. The summed E-state index contributed by atoms with van der Waals surface area (Å²) in [5.74, 6) is 0.924.